The summed E-state index contributed by atoms with van der Waals surface area (Å²) in [6.45, 7) is 3.22. The first kappa shape index (κ1) is 16.7. The van der Waals surface area contributed by atoms with Crippen LogP contribution >= 0.6 is 23.2 Å². The molecule has 1 atom stereocenters. The molecule has 0 N–H and O–H groups in total. The van der Waals surface area contributed by atoms with Crippen LogP contribution in [0.2, 0.25) is 10.0 Å². The van der Waals surface area contributed by atoms with Crippen LogP contribution in [0.15, 0.2) is 18.5 Å². The first-order chi connectivity index (χ1) is 11.2. The highest BCUT2D eigenvalue weighted by molar-refractivity contribution is 6.36. The normalized spacial score (nSPS) is 15.8. The monoisotopic (exact) mass is 354 g/mol. The Labute approximate surface area is 145 Å². The maximum Gasteiger partial charge on any atom is 0.138 e. The molecule has 1 aromatic carbocycles. The van der Waals surface area contributed by atoms with Gasteiger partial charge in [-0.2, -0.15) is 0 Å². The van der Waals surface area contributed by atoms with Gasteiger partial charge in [-0.25, -0.2) is 4.68 Å². The van der Waals surface area contributed by atoms with E-state index in [1.807, 2.05) is 19.1 Å². The maximum atomic E-state index is 6.61. The highest BCUT2D eigenvalue weighted by Gasteiger charge is 2.26. The molecule has 1 aliphatic rings. The second-order valence-corrected chi connectivity index (χ2v) is 6.75. The number of aromatic nitrogens is 4. The fraction of sp³-hybridized carbons (Fsp3) is 0.562. The van der Waals surface area contributed by atoms with Crippen LogP contribution in [-0.2, 0) is 17.7 Å². The number of hydrogen-bond donors (Lipinski definition) is 0. The van der Waals surface area contributed by atoms with E-state index in [1.54, 1.807) is 11.0 Å². The molecule has 1 aliphatic carbocycles. The second-order valence-electron chi connectivity index (χ2n) is 5.97. The van der Waals surface area contributed by atoms with Gasteiger partial charge in [-0.05, 0) is 41.3 Å². The van der Waals surface area contributed by atoms with E-state index in [9.17, 15) is 0 Å². The molecule has 0 spiro atoms. The summed E-state index contributed by atoms with van der Waals surface area (Å²) < 4.78 is 7.51. The van der Waals surface area contributed by atoms with Gasteiger partial charge >= 0.3 is 0 Å². The van der Waals surface area contributed by atoms with E-state index in [2.05, 4.69) is 15.5 Å². The molecule has 2 aromatic rings. The van der Waals surface area contributed by atoms with Crippen molar-refractivity contribution in [1.82, 2.24) is 20.2 Å². The average Bonchev–Trinajstić information content (AvgIpc) is 3.19. The summed E-state index contributed by atoms with van der Waals surface area (Å²) in [7, 11) is 0. The standard InChI is InChI=1S/C16H20Cl2N4O/c1-2-23-13(7-11-3-4-11)8-12-5-6-15(17)14(16(12)18)9-22-10-19-20-21-22/h5-6,10-11,13H,2-4,7-9H2,1H3. The van der Waals surface area contributed by atoms with E-state index < -0.39 is 0 Å². The Bertz CT molecular complexity index is 644. The quantitative estimate of drug-likeness (QED) is 0.723. The summed E-state index contributed by atoms with van der Waals surface area (Å²) in [5.74, 6) is 0.818. The number of nitrogens with zero attached hydrogens (tertiary/aromatic N) is 4. The fourth-order valence-corrected chi connectivity index (χ4v) is 3.35. The Morgan fingerprint density at radius 3 is 2.83 bits per heavy atom. The van der Waals surface area contributed by atoms with Gasteiger partial charge in [-0.15, -0.1) is 5.10 Å². The molecule has 0 amide bonds. The number of benzene rings is 1. The molecule has 1 aromatic heterocycles. The zero-order chi connectivity index (χ0) is 16.2. The largest absolute Gasteiger partial charge is 0.378 e. The number of hydrogen-bond acceptors (Lipinski definition) is 4. The molecule has 3 rings (SSSR count). The molecule has 0 aliphatic heterocycles. The second kappa shape index (κ2) is 7.60. The van der Waals surface area contributed by atoms with Gasteiger partial charge in [-0.3, -0.25) is 0 Å². The molecular formula is C16H20Cl2N4O. The lowest BCUT2D eigenvalue weighted by molar-refractivity contribution is 0.0532. The lowest BCUT2D eigenvalue weighted by Gasteiger charge is -2.19. The molecule has 0 saturated heterocycles. The Morgan fingerprint density at radius 1 is 1.35 bits per heavy atom. The third-order valence-electron chi connectivity index (χ3n) is 4.12. The van der Waals surface area contributed by atoms with Gasteiger partial charge in [0.15, 0.2) is 0 Å². The van der Waals surface area contributed by atoms with Crippen molar-refractivity contribution >= 4 is 23.2 Å². The highest BCUT2D eigenvalue weighted by atomic mass is 35.5. The van der Waals surface area contributed by atoms with E-state index in [0.717, 1.165) is 36.5 Å². The topological polar surface area (TPSA) is 52.8 Å². The molecule has 23 heavy (non-hydrogen) atoms. The SMILES string of the molecule is CCOC(Cc1ccc(Cl)c(Cn2cnnn2)c1Cl)CC1CC1. The van der Waals surface area contributed by atoms with Crippen molar-refractivity contribution in [2.75, 3.05) is 6.61 Å². The van der Waals surface area contributed by atoms with Crippen LogP contribution in [0.4, 0.5) is 0 Å². The predicted molar refractivity (Wildman–Crippen MR) is 89.8 cm³/mol. The summed E-state index contributed by atoms with van der Waals surface area (Å²) in [6.07, 6.45) is 6.32. The summed E-state index contributed by atoms with van der Waals surface area (Å²) in [5, 5.41) is 12.5. The lowest BCUT2D eigenvalue weighted by Crippen LogP contribution is -2.17. The van der Waals surface area contributed by atoms with Crippen LogP contribution < -0.4 is 0 Å². The minimum absolute atomic E-state index is 0.215. The summed E-state index contributed by atoms with van der Waals surface area (Å²) >= 11 is 12.9. The Kier molecular flexibility index (Phi) is 5.51. The van der Waals surface area contributed by atoms with Crippen molar-refractivity contribution < 1.29 is 4.74 Å². The van der Waals surface area contributed by atoms with Gasteiger partial charge in [0.1, 0.15) is 6.33 Å². The van der Waals surface area contributed by atoms with Crippen LogP contribution in [0, 0.1) is 5.92 Å². The van der Waals surface area contributed by atoms with E-state index in [1.165, 1.54) is 12.8 Å². The Balaban J connectivity index is 1.78. The first-order valence-electron chi connectivity index (χ1n) is 7.95. The zero-order valence-corrected chi connectivity index (χ0v) is 14.6. The molecule has 1 saturated carbocycles. The van der Waals surface area contributed by atoms with Crippen LogP contribution in [0.1, 0.15) is 37.3 Å². The third kappa shape index (κ3) is 4.43. The van der Waals surface area contributed by atoms with E-state index in [4.69, 9.17) is 27.9 Å². The summed E-state index contributed by atoms with van der Waals surface area (Å²) in [5.41, 5.74) is 1.91. The van der Waals surface area contributed by atoms with Crippen molar-refractivity contribution in [3.8, 4) is 0 Å². The van der Waals surface area contributed by atoms with Crippen molar-refractivity contribution in [2.45, 2.75) is 45.3 Å². The van der Waals surface area contributed by atoms with Gasteiger partial charge in [0.2, 0.25) is 0 Å². The minimum atomic E-state index is 0.215. The van der Waals surface area contributed by atoms with Crippen LogP contribution in [-0.4, -0.2) is 32.9 Å². The van der Waals surface area contributed by atoms with Gasteiger partial charge < -0.3 is 4.74 Å². The fourth-order valence-electron chi connectivity index (χ4n) is 2.78. The number of ether oxygens (including phenoxy) is 1. The molecule has 0 radical (unpaired) electrons. The molecule has 1 heterocycles. The molecule has 124 valence electrons. The maximum absolute atomic E-state index is 6.61. The Morgan fingerprint density at radius 2 is 2.17 bits per heavy atom. The predicted octanol–water partition coefficient (Wildman–Crippen LogP) is 3.78. The summed E-state index contributed by atoms with van der Waals surface area (Å²) in [6, 6.07) is 3.88. The van der Waals surface area contributed by atoms with Crippen LogP contribution in [0.3, 0.4) is 0 Å². The van der Waals surface area contributed by atoms with Gasteiger partial charge in [0.25, 0.3) is 0 Å². The minimum Gasteiger partial charge on any atom is -0.378 e. The van der Waals surface area contributed by atoms with Crippen molar-refractivity contribution in [1.29, 1.82) is 0 Å². The number of halogens is 2. The lowest BCUT2D eigenvalue weighted by atomic mass is 10.0. The van der Waals surface area contributed by atoms with Gasteiger partial charge in [0, 0.05) is 23.6 Å². The molecule has 7 heteroatoms. The molecule has 1 unspecified atom stereocenters. The van der Waals surface area contributed by atoms with E-state index >= 15 is 0 Å². The Hall–Kier alpha value is -1.17. The molecule has 5 nitrogen and oxygen atoms in total. The highest BCUT2D eigenvalue weighted by Crippen LogP contribution is 2.36. The van der Waals surface area contributed by atoms with Crippen molar-refractivity contribution in [3.05, 3.63) is 39.6 Å². The van der Waals surface area contributed by atoms with Gasteiger partial charge in [-0.1, -0.05) is 42.1 Å². The number of rotatable bonds is 8. The third-order valence-corrected chi connectivity index (χ3v) is 4.95. The average molecular weight is 355 g/mol. The number of tetrazole rings is 1. The van der Waals surface area contributed by atoms with Crippen LogP contribution in [0.5, 0.6) is 0 Å². The van der Waals surface area contributed by atoms with E-state index in [-0.39, 0.29) is 6.10 Å². The first-order valence-corrected chi connectivity index (χ1v) is 8.71. The molecule has 1 fully saturated rings. The summed E-state index contributed by atoms with van der Waals surface area (Å²) in [4.78, 5) is 0. The van der Waals surface area contributed by atoms with Crippen molar-refractivity contribution in [3.63, 3.8) is 0 Å². The molecular weight excluding hydrogens is 335 g/mol. The van der Waals surface area contributed by atoms with Gasteiger partial charge in [0.05, 0.1) is 17.7 Å². The smallest absolute Gasteiger partial charge is 0.138 e. The van der Waals surface area contributed by atoms with E-state index in [0.29, 0.717) is 16.6 Å². The molecule has 0 bridgehead atoms. The zero-order valence-electron chi connectivity index (χ0n) is 13.1. The van der Waals surface area contributed by atoms with Crippen LogP contribution in [0.25, 0.3) is 0 Å². The van der Waals surface area contributed by atoms with Crippen molar-refractivity contribution in [2.24, 2.45) is 5.92 Å².